The third-order valence-electron chi connectivity index (χ3n) is 5.31. The maximum atomic E-state index is 10.6. The molecule has 3 aromatic rings. The van der Waals surface area contributed by atoms with Gasteiger partial charge in [0.25, 0.3) is 0 Å². The number of rotatable bonds is 11. The third kappa shape index (κ3) is 5.96. The number of carboxylic acids is 1. The lowest BCUT2D eigenvalue weighted by molar-refractivity contribution is -0.137. The first-order chi connectivity index (χ1) is 14.5. The fraction of sp³-hybridized carbons (Fsp3) is 0.360. The number of aryl methyl sites for hydroxylation is 2. The predicted molar refractivity (Wildman–Crippen MR) is 119 cm³/mol. The second-order valence-electron chi connectivity index (χ2n) is 7.80. The monoisotopic (exact) mass is 406 g/mol. The summed E-state index contributed by atoms with van der Waals surface area (Å²) in [4.78, 5) is 15.3. The molecule has 1 heterocycles. The second-order valence-corrected chi connectivity index (χ2v) is 7.80. The number of hydrogen-bond donors (Lipinski definition) is 2. The summed E-state index contributed by atoms with van der Waals surface area (Å²) in [7, 11) is 0. The molecule has 0 bridgehead atoms. The van der Waals surface area contributed by atoms with Crippen molar-refractivity contribution in [1.82, 2.24) is 9.55 Å². The lowest BCUT2D eigenvalue weighted by atomic mass is 10.1. The fourth-order valence-electron chi connectivity index (χ4n) is 3.68. The minimum absolute atomic E-state index is 0.244. The standard InChI is InChI=1S/C25H30N2O3/c1-19-13-15-21(16-14-19)27-23(20-9-8-10-22(28)17-20)18-26-24(27)11-6-4-2-3-5-7-12-25(29)30/h8-10,13-18,28H,2-7,11-12H2,1H3,(H,29,30). The van der Waals surface area contributed by atoms with Crippen molar-refractivity contribution in [2.45, 2.75) is 58.3 Å². The first-order valence-corrected chi connectivity index (χ1v) is 10.7. The molecule has 158 valence electrons. The highest BCUT2D eigenvalue weighted by atomic mass is 16.4. The molecule has 0 aliphatic heterocycles. The van der Waals surface area contributed by atoms with E-state index in [0.29, 0.717) is 0 Å². The van der Waals surface area contributed by atoms with Crippen LogP contribution in [-0.2, 0) is 11.2 Å². The zero-order valence-electron chi connectivity index (χ0n) is 17.6. The maximum Gasteiger partial charge on any atom is 0.303 e. The van der Waals surface area contributed by atoms with Crippen molar-refractivity contribution in [2.24, 2.45) is 0 Å². The topological polar surface area (TPSA) is 75.3 Å². The van der Waals surface area contributed by atoms with Gasteiger partial charge in [-0.3, -0.25) is 9.36 Å². The minimum atomic E-state index is -0.708. The quantitative estimate of drug-likeness (QED) is 0.388. The Morgan fingerprint density at radius 3 is 2.37 bits per heavy atom. The van der Waals surface area contributed by atoms with Crippen LogP contribution in [0.2, 0.25) is 0 Å². The van der Waals surface area contributed by atoms with Gasteiger partial charge in [-0.05, 0) is 44.0 Å². The highest BCUT2D eigenvalue weighted by molar-refractivity contribution is 5.66. The Hall–Kier alpha value is -3.08. The molecule has 3 rings (SSSR count). The number of aliphatic carboxylic acids is 1. The lowest BCUT2D eigenvalue weighted by Crippen LogP contribution is -2.03. The van der Waals surface area contributed by atoms with Gasteiger partial charge < -0.3 is 10.2 Å². The van der Waals surface area contributed by atoms with Crippen LogP contribution in [0.25, 0.3) is 16.9 Å². The van der Waals surface area contributed by atoms with E-state index in [1.165, 1.54) is 5.56 Å². The number of aromatic hydroxyl groups is 1. The number of phenols is 1. The van der Waals surface area contributed by atoms with Gasteiger partial charge in [0.15, 0.2) is 0 Å². The van der Waals surface area contributed by atoms with Crippen LogP contribution in [0.5, 0.6) is 5.75 Å². The maximum absolute atomic E-state index is 10.6. The number of phenolic OH excluding ortho intramolecular Hbond substituents is 1. The summed E-state index contributed by atoms with van der Waals surface area (Å²) < 4.78 is 2.18. The zero-order valence-corrected chi connectivity index (χ0v) is 17.6. The molecular weight excluding hydrogens is 376 g/mol. The molecule has 0 aliphatic rings. The number of nitrogens with zero attached hydrogens (tertiary/aromatic N) is 2. The molecule has 2 aromatic carbocycles. The number of hydrogen-bond acceptors (Lipinski definition) is 3. The van der Waals surface area contributed by atoms with Crippen molar-refractivity contribution in [2.75, 3.05) is 0 Å². The fourth-order valence-corrected chi connectivity index (χ4v) is 3.68. The Kier molecular flexibility index (Phi) is 7.66. The Morgan fingerprint density at radius 1 is 0.967 bits per heavy atom. The Labute approximate surface area is 178 Å². The number of imidazole rings is 1. The van der Waals surface area contributed by atoms with Gasteiger partial charge >= 0.3 is 5.97 Å². The minimum Gasteiger partial charge on any atom is -0.508 e. The van der Waals surface area contributed by atoms with Crippen LogP contribution in [0.1, 0.15) is 56.3 Å². The van der Waals surface area contributed by atoms with Crippen molar-refractivity contribution in [1.29, 1.82) is 0 Å². The largest absolute Gasteiger partial charge is 0.508 e. The highest BCUT2D eigenvalue weighted by Crippen LogP contribution is 2.28. The van der Waals surface area contributed by atoms with E-state index >= 15 is 0 Å². The second kappa shape index (κ2) is 10.6. The third-order valence-corrected chi connectivity index (χ3v) is 5.31. The van der Waals surface area contributed by atoms with Gasteiger partial charge in [-0.15, -0.1) is 0 Å². The molecule has 0 saturated carbocycles. The van der Waals surface area contributed by atoms with Crippen LogP contribution in [-0.4, -0.2) is 25.7 Å². The molecule has 0 amide bonds. The Bertz CT molecular complexity index is 961. The van der Waals surface area contributed by atoms with Gasteiger partial charge in [0.1, 0.15) is 11.6 Å². The summed E-state index contributed by atoms with van der Waals surface area (Å²) in [5.74, 6) is 0.553. The van der Waals surface area contributed by atoms with Crippen LogP contribution in [0, 0.1) is 6.92 Å². The Morgan fingerprint density at radius 2 is 1.67 bits per heavy atom. The molecule has 30 heavy (non-hydrogen) atoms. The molecule has 0 unspecified atom stereocenters. The summed E-state index contributed by atoms with van der Waals surface area (Å²) in [6.45, 7) is 2.07. The van der Waals surface area contributed by atoms with Gasteiger partial charge in [-0.2, -0.15) is 0 Å². The molecule has 0 radical (unpaired) electrons. The van der Waals surface area contributed by atoms with Crippen molar-refractivity contribution in [3.63, 3.8) is 0 Å². The molecule has 5 heteroatoms. The van der Waals surface area contributed by atoms with Crippen LogP contribution in [0.3, 0.4) is 0 Å². The molecule has 0 fully saturated rings. The molecule has 1 aromatic heterocycles. The number of unbranched alkanes of at least 4 members (excludes halogenated alkanes) is 5. The summed E-state index contributed by atoms with van der Waals surface area (Å²) in [5, 5.41) is 18.6. The van der Waals surface area contributed by atoms with E-state index in [4.69, 9.17) is 10.1 Å². The van der Waals surface area contributed by atoms with Crippen LogP contribution >= 0.6 is 0 Å². The average molecular weight is 407 g/mol. The van der Waals surface area contributed by atoms with Crippen molar-refractivity contribution >= 4 is 5.97 Å². The van der Waals surface area contributed by atoms with Crippen LogP contribution in [0.15, 0.2) is 54.7 Å². The molecule has 0 atom stereocenters. The van der Waals surface area contributed by atoms with E-state index in [2.05, 4.69) is 35.8 Å². The number of aromatic nitrogens is 2. The molecule has 0 aliphatic carbocycles. The summed E-state index contributed by atoms with van der Waals surface area (Å²) in [5.41, 5.74) is 4.19. The van der Waals surface area contributed by atoms with Crippen molar-refractivity contribution in [3.05, 3.63) is 66.1 Å². The number of benzene rings is 2. The molecular formula is C25H30N2O3. The first kappa shape index (κ1) is 21.6. The predicted octanol–water partition coefficient (Wildman–Crippen LogP) is 5.91. The summed E-state index contributed by atoms with van der Waals surface area (Å²) in [6, 6.07) is 15.7. The van der Waals surface area contributed by atoms with E-state index in [-0.39, 0.29) is 12.2 Å². The highest BCUT2D eigenvalue weighted by Gasteiger charge is 2.14. The number of carboxylic acid groups (broad SMARTS) is 1. The average Bonchev–Trinajstić information content (AvgIpc) is 3.14. The Balaban J connectivity index is 1.68. The lowest BCUT2D eigenvalue weighted by Gasteiger charge is -2.13. The molecule has 5 nitrogen and oxygen atoms in total. The van der Waals surface area contributed by atoms with E-state index in [1.54, 1.807) is 12.1 Å². The SMILES string of the molecule is Cc1ccc(-n2c(-c3cccc(O)c3)cnc2CCCCCCCCC(=O)O)cc1. The number of carbonyl (C=O) groups is 1. The van der Waals surface area contributed by atoms with Gasteiger partial charge in [0.2, 0.25) is 0 Å². The van der Waals surface area contributed by atoms with Crippen molar-refractivity contribution < 1.29 is 15.0 Å². The summed E-state index contributed by atoms with van der Waals surface area (Å²) in [6.07, 6.45) is 9.12. The van der Waals surface area contributed by atoms with Crippen LogP contribution in [0.4, 0.5) is 0 Å². The van der Waals surface area contributed by atoms with Gasteiger partial charge in [-0.1, -0.05) is 55.5 Å². The van der Waals surface area contributed by atoms with Gasteiger partial charge in [-0.25, -0.2) is 4.98 Å². The van der Waals surface area contributed by atoms with Gasteiger partial charge in [0, 0.05) is 24.1 Å². The molecule has 0 saturated heterocycles. The zero-order chi connectivity index (χ0) is 21.3. The molecule has 0 spiro atoms. The smallest absolute Gasteiger partial charge is 0.303 e. The van der Waals surface area contributed by atoms with E-state index in [1.807, 2.05) is 18.3 Å². The van der Waals surface area contributed by atoms with Gasteiger partial charge in [0.05, 0.1) is 11.9 Å². The van der Waals surface area contributed by atoms with E-state index in [9.17, 15) is 9.90 Å². The van der Waals surface area contributed by atoms with E-state index in [0.717, 1.165) is 67.7 Å². The normalized spacial score (nSPS) is 11.0. The first-order valence-electron chi connectivity index (χ1n) is 10.7. The summed E-state index contributed by atoms with van der Waals surface area (Å²) >= 11 is 0. The van der Waals surface area contributed by atoms with E-state index < -0.39 is 5.97 Å². The molecule has 2 N–H and O–H groups in total. The van der Waals surface area contributed by atoms with Crippen LogP contribution < -0.4 is 0 Å². The van der Waals surface area contributed by atoms with Crippen molar-refractivity contribution in [3.8, 4) is 22.7 Å².